The highest BCUT2D eigenvalue weighted by Gasteiger charge is 2.36. The van der Waals surface area contributed by atoms with Crippen LogP contribution in [0.15, 0.2) is 42.6 Å². The van der Waals surface area contributed by atoms with Crippen LogP contribution in [0.3, 0.4) is 0 Å². The number of hydrogen-bond donors (Lipinski definition) is 2. The molecule has 1 fully saturated rings. The van der Waals surface area contributed by atoms with Crippen molar-refractivity contribution in [3.8, 4) is 0 Å². The van der Waals surface area contributed by atoms with Crippen molar-refractivity contribution in [1.82, 2.24) is 20.1 Å². The predicted octanol–water partition coefficient (Wildman–Crippen LogP) is 3.00. The molecular weight excluding hydrogens is 340 g/mol. The van der Waals surface area contributed by atoms with E-state index in [1.54, 1.807) is 4.68 Å². The van der Waals surface area contributed by atoms with E-state index in [9.17, 15) is 9.90 Å². The molecule has 1 aliphatic rings. The summed E-state index contributed by atoms with van der Waals surface area (Å²) in [6.45, 7) is 4.49. The lowest BCUT2D eigenvalue weighted by molar-refractivity contribution is 0.0234. The van der Waals surface area contributed by atoms with Gasteiger partial charge in [-0.05, 0) is 56.4 Å². The molecule has 27 heavy (non-hydrogen) atoms. The minimum Gasteiger partial charge on any atom is -0.393 e. The van der Waals surface area contributed by atoms with Gasteiger partial charge in [-0.15, -0.1) is 0 Å². The van der Waals surface area contributed by atoms with Gasteiger partial charge in [-0.1, -0.05) is 18.2 Å². The number of para-hydroxylation sites is 1. The molecule has 3 aromatic rings. The van der Waals surface area contributed by atoms with E-state index in [0.29, 0.717) is 25.1 Å². The van der Waals surface area contributed by atoms with E-state index in [2.05, 4.69) is 21.5 Å². The normalized spacial score (nSPS) is 20.3. The molecule has 0 spiro atoms. The largest absolute Gasteiger partial charge is 0.393 e. The number of pyridine rings is 1. The minimum absolute atomic E-state index is 0.142. The van der Waals surface area contributed by atoms with E-state index in [0.717, 1.165) is 22.2 Å². The van der Waals surface area contributed by atoms with Crippen LogP contribution < -0.4 is 5.32 Å². The number of rotatable bonds is 5. The monoisotopic (exact) mass is 364 g/mol. The van der Waals surface area contributed by atoms with Crippen molar-refractivity contribution in [1.29, 1.82) is 0 Å². The van der Waals surface area contributed by atoms with Gasteiger partial charge in [0.05, 0.1) is 23.4 Å². The van der Waals surface area contributed by atoms with Crippen molar-refractivity contribution in [3.05, 3.63) is 59.5 Å². The highest BCUT2D eigenvalue weighted by molar-refractivity contribution is 5.93. The third kappa shape index (κ3) is 3.45. The van der Waals surface area contributed by atoms with Crippen LogP contribution in [0.4, 0.5) is 0 Å². The van der Waals surface area contributed by atoms with Gasteiger partial charge in [-0.2, -0.15) is 5.10 Å². The molecule has 1 amide bonds. The maximum absolute atomic E-state index is 13.0. The van der Waals surface area contributed by atoms with Crippen LogP contribution in [0.1, 0.15) is 47.6 Å². The van der Waals surface area contributed by atoms with Crippen LogP contribution >= 0.6 is 0 Å². The molecule has 6 heteroatoms. The number of hydrogen-bond acceptors (Lipinski definition) is 4. The van der Waals surface area contributed by atoms with Gasteiger partial charge < -0.3 is 10.4 Å². The number of carbonyl (C=O) groups excluding carboxylic acids is 1. The molecule has 1 aliphatic carbocycles. The molecule has 4 rings (SSSR count). The van der Waals surface area contributed by atoms with Crippen LogP contribution in [0.5, 0.6) is 0 Å². The van der Waals surface area contributed by atoms with E-state index >= 15 is 0 Å². The Morgan fingerprint density at radius 1 is 1.33 bits per heavy atom. The van der Waals surface area contributed by atoms with Crippen molar-refractivity contribution in [2.75, 3.05) is 0 Å². The van der Waals surface area contributed by atoms with Gasteiger partial charge >= 0.3 is 0 Å². The fraction of sp³-hybridized carbons (Fsp3) is 0.381. The summed E-state index contributed by atoms with van der Waals surface area (Å²) in [5.41, 5.74) is 3.29. The topological polar surface area (TPSA) is 80.0 Å². The molecule has 0 aliphatic heterocycles. The third-order valence-corrected chi connectivity index (χ3v) is 5.31. The molecule has 0 saturated heterocycles. The van der Waals surface area contributed by atoms with Crippen LogP contribution in [0.2, 0.25) is 0 Å². The summed E-state index contributed by atoms with van der Waals surface area (Å²) in [4.78, 5) is 17.5. The summed E-state index contributed by atoms with van der Waals surface area (Å²) in [5, 5.41) is 18.4. The van der Waals surface area contributed by atoms with Crippen molar-refractivity contribution in [3.63, 3.8) is 0 Å². The van der Waals surface area contributed by atoms with Gasteiger partial charge in [-0.25, -0.2) is 0 Å². The fourth-order valence-electron chi connectivity index (χ4n) is 3.82. The molecule has 0 radical (unpaired) electrons. The zero-order valence-corrected chi connectivity index (χ0v) is 15.6. The summed E-state index contributed by atoms with van der Waals surface area (Å²) >= 11 is 0. The van der Waals surface area contributed by atoms with Gasteiger partial charge in [0.15, 0.2) is 0 Å². The second-order valence-corrected chi connectivity index (χ2v) is 7.28. The fourth-order valence-corrected chi connectivity index (χ4v) is 3.82. The average Bonchev–Trinajstić information content (AvgIpc) is 3.04. The number of carbonyl (C=O) groups is 1. The number of nitrogens with zero attached hydrogens (tertiary/aromatic N) is 3. The standard InChI is InChI=1S/C21H24N4O2/c1-3-25-19(8-13(2)24-25)21(27)23-20(15-10-17(26)11-15)16-9-14-6-4-5-7-18(14)22-12-16/h4-9,12,15,17,20,26H,3,10-11H2,1-2H3,(H,23,27)/t15?,17?,20-/m1/s1. The second kappa shape index (κ2) is 7.12. The Bertz CT molecular complexity index is 975. The zero-order valence-electron chi connectivity index (χ0n) is 15.6. The molecule has 140 valence electrons. The molecular formula is C21H24N4O2. The Balaban J connectivity index is 1.65. The van der Waals surface area contributed by atoms with Crippen molar-refractivity contribution in [2.45, 2.75) is 45.4 Å². The number of aliphatic hydroxyl groups is 1. The lowest BCUT2D eigenvalue weighted by Crippen LogP contribution is -2.42. The number of benzene rings is 1. The number of amides is 1. The minimum atomic E-state index is -0.286. The van der Waals surface area contributed by atoms with Gasteiger partial charge in [0.1, 0.15) is 5.69 Å². The van der Waals surface area contributed by atoms with Crippen molar-refractivity contribution in [2.24, 2.45) is 5.92 Å². The summed E-state index contributed by atoms with van der Waals surface area (Å²) < 4.78 is 1.72. The van der Waals surface area contributed by atoms with Gasteiger partial charge in [0.25, 0.3) is 5.91 Å². The molecule has 1 saturated carbocycles. The quantitative estimate of drug-likeness (QED) is 0.729. The van der Waals surface area contributed by atoms with Gasteiger partial charge in [-0.3, -0.25) is 14.5 Å². The molecule has 6 nitrogen and oxygen atoms in total. The lowest BCUT2D eigenvalue weighted by Gasteiger charge is -2.38. The average molecular weight is 364 g/mol. The summed E-state index contributed by atoms with van der Waals surface area (Å²) in [7, 11) is 0. The molecule has 0 bridgehead atoms. The molecule has 1 aromatic carbocycles. The number of aliphatic hydroxyl groups excluding tert-OH is 1. The first-order valence-corrected chi connectivity index (χ1v) is 9.43. The molecule has 2 heterocycles. The van der Waals surface area contributed by atoms with Gasteiger partial charge in [0, 0.05) is 18.1 Å². The zero-order chi connectivity index (χ0) is 19.0. The highest BCUT2D eigenvalue weighted by Crippen LogP contribution is 2.38. The Morgan fingerprint density at radius 3 is 2.85 bits per heavy atom. The van der Waals surface area contributed by atoms with Gasteiger partial charge in [0.2, 0.25) is 0 Å². The second-order valence-electron chi connectivity index (χ2n) is 7.28. The van der Waals surface area contributed by atoms with E-state index in [1.807, 2.05) is 50.4 Å². The molecule has 1 atom stereocenters. The van der Waals surface area contributed by atoms with Crippen LogP contribution in [-0.4, -0.2) is 31.9 Å². The summed E-state index contributed by atoms with van der Waals surface area (Å²) in [5.74, 6) is 0.0583. The molecule has 0 unspecified atom stereocenters. The highest BCUT2D eigenvalue weighted by atomic mass is 16.3. The first kappa shape index (κ1) is 17.7. The number of nitrogens with one attached hydrogen (secondary N) is 1. The van der Waals surface area contributed by atoms with Crippen LogP contribution in [0, 0.1) is 12.8 Å². The lowest BCUT2D eigenvalue weighted by atomic mass is 9.75. The third-order valence-electron chi connectivity index (χ3n) is 5.31. The summed E-state index contributed by atoms with van der Waals surface area (Å²) in [6, 6.07) is 11.7. The van der Waals surface area contributed by atoms with E-state index < -0.39 is 0 Å². The Kier molecular flexibility index (Phi) is 4.66. The van der Waals surface area contributed by atoms with Crippen LogP contribution in [-0.2, 0) is 6.54 Å². The Labute approximate surface area is 158 Å². The number of fused-ring (bicyclic) bond motifs is 1. The maximum Gasteiger partial charge on any atom is 0.270 e. The van der Waals surface area contributed by atoms with Crippen molar-refractivity contribution >= 4 is 16.8 Å². The van der Waals surface area contributed by atoms with Crippen LogP contribution in [0.25, 0.3) is 10.9 Å². The van der Waals surface area contributed by atoms with Crippen molar-refractivity contribution < 1.29 is 9.90 Å². The SMILES string of the molecule is CCn1nc(C)cc1C(=O)N[C@@H](c1cnc2ccccc2c1)C1CC(O)C1. The first-order valence-electron chi connectivity index (χ1n) is 9.43. The molecule has 2 N–H and O–H groups in total. The Morgan fingerprint density at radius 2 is 2.11 bits per heavy atom. The smallest absolute Gasteiger partial charge is 0.270 e. The first-order chi connectivity index (χ1) is 13.0. The van der Waals surface area contributed by atoms with E-state index in [1.165, 1.54) is 0 Å². The van der Waals surface area contributed by atoms with E-state index in [4.69, 9.17) is 0 Å². The summed E-state index contributed by atoms with van der Waals surface area (Å²) in [6.07, 6.45) is 2.92. The predicted molar refractivity (Wildman–Crippen MR) is 103 cm³/mol. The van der Waals surface area contributed by atoms with E-state index in [-0.39, 0.29) is 24.0 Å². The maximum atomic E-state index is 13.0. The number of aromatic nitrogens is 3. The Hall–Kier alpha value is -2.73. The molecule has 2 aromatic heterocycles. The number of aryl methyl sites for hydroxylation is 2.